The molecule has 3 aromatic rings. The van der Waals surface area contributed by atoms with Crippen molar-refractivity contribution in [1.29, 1.82) is 5.26 Å². The number of aromatic nitrogens is 5. The molecule has 0 spiro atoms. The van der Waals surface area contributed by atoms with E-state index < -0.39 is 42.1 Å². The molecule has 1 aliphatic rings. The number of nitrogens with one attached hydrogen (secondary N) is 2. The summed E-state index contributed by atoms with van der Waals surface area (Å²) in [4.78, 5) is 20.3. The summed E-state index contributed by atoms with van der Waals surface area (Å²) >= 11 is 0. The minimum Gasteiger partial charge on any atom is -0.343 e. The Bertz CT molecular complexity index is 1250. The van der Waals surface area contributed by atoms with E-state index in [-0.39, 0.29) is 17.5 Å². The molecule has 0 aromatic carbocycles. The highest BCUT2D eigenvalue weighted by Crippen LogP contribution is 2.47. The zero-order valence-corrected chi connectivity index (χ0v) is 18.3. The number of pyridine rings is 2. The van der Waals surface area contributed by atoms with Crippen LogP contribution in [0.4, 0.5) is 39.5 Å². The lowest BCUT2D eigenvalue weighted by Crippen LogP contribution is -2.31. The van der Waals surface area contributed by atoms with Gasteiger partial charge in [0, 0.05) is 18.8 Å². The fourth-order valence-electron chi connectivity index (χ4n) is 3.20. The molecule has 0 aliphatic heterocycles. The van der Waals surface area contributed by atoms with Crippen molar-refractivity contribution in [1.82, 2.24) is 24.9 Å². The fourth-order valence-corrected chi connectivity index (χ4v) is 3.20. The van der Waals surface area contributed by atoms with Crippen molar-refractivity contribution in [3.05, 3.63) is 47.9 Å². The van der Waals surface area contributed by atoms with Crippen molar-refractivity contribution in [2.75, 3.05) is 17.3 Å². The Morgan fingerprint density at radius 3 is 2.49 bits per heavy atom. The molecule has 8 nitrogen and oxygen atoms in total. The molecule has 3 heterocycles. The first-order chi connectivity index (χ1) is 16.6. The first-order valence-electron chi connectivity index (χ1n) is 10.5. The molecule has 4 rings (SSSR count). The lowest BCUT2D eigenvalue weighted by molar-refractivity contribution is 0.0129. The molecule has 0 bridgehead atoms. The molecule has 35 heavy (non-hydrogen) atoms. The van der Waals surface area contributed by atoms with Crippen molar-refractivity contribution >= 4 is 17.6 Å². The van der Waals surface area contributed by atoms with Crippen LogP contribution in [0.25, 0.3) is 11.5 Å². The molecule has 1 atom stereocenters. The first kappa shape index (κ1) is 24.2. The number of alkyl halides is 5. The van der Waals surface area contributed by atoms with Crippen LogP contribution >= 0.6 is 0 Å². The Labute approximate surface area is 196 Å². The summed E-state index contributed by atoms with van der Waals surface area (Å²) < 4.78 is 66.9. The molecule has 3 aromatic heterocycles. The number of hydrogen-bond donors (Lipinski definition) is 2. The number of nitriles is 1. The summed E-state index contributed by atoms with van der Waals surface area (Å²) in [5.74, 6) is -3.99. The number of anilines is 3. The van der Waals surface area contributed by atoms with Gasteiger partial charge >= 0.3 is 0 Å². The SMILES string of the molecule is CC(F)(F)c1cccc(-c2nc(Nc3ccnc(C4(C#N)CC4)c3)nc(NC(CF)C(F)F)n2)n1. The second-order valence-corrected chi connectivity index (χ2v) is 8.09. The maximum Gasteiger partial charge on any atom is 0.286 e. The van der Waals surface area contributed by atoms with Gasteiger partial charge < -0.3 is 10.6 Å². The summed E-state index contributed by atoms with van der Waals surface area (Å²) in [6, 6.07) is 7.37. The normalized spacial score (nSPS) is 15.4. The average Bonchev–Trinajstić information content (AvgIpc) is 3.63. The average molecular weight is 490 g/mol. The molecule has 1 saturated carbocycles. The van der Waals surface area contributed by atoms with Gasteiger partial charge in [-0.3, -0.25) is 4.98 Å². The largest absolute Gasteiger partial charge is 0.343 e. The van der Waals surface area contributed by atoms with Crippen LogP contribution in [0.5, 0.6) is 0 Å². The van der Waals surface area contributed by atoms with Crippen LogP contribution in [0, 0.1) is 11.3 Å². The van der Waals surface area contributed by atoms with E-state index in [2.05, 4.69) is 41.6 Å². The van der Waals surface area contributed by atoms with Crippen LogP contribution in [0.1, 0.15) is 31.2 Å². The van der Waals surface area contributed by atoms with Gasteiger partial charge in [0.1, 0.15) is 24.1 Å². The first-order valence-corrected chi connectivity index (χ1v) is 10.5. The molecule has 13 heteroatoms. The zero-order valence-electron chi connectivity index (χ0n) is 18.3. The van der Waals surface area contributed by atoms with Crippen LogP contribution in [-0.2, 0) is 11.3 Å². The number of halogens is 5. The maximum absolute atomic E-state index is 13.8. The fraction of sp³-hybridized carbons (Fsp3) is 0.364. The topological polar surface area (TPSA) is 112 Å². The number of rotatable bonds is 9. The highest BCUT2D eigenvalue weighted by molar-refractivity contribution is 5.60. The lowest BCUT2D eigenvalue weighted by Gasteiger charge is -2.16. The van der Waals surface area contributed by atoms with E-state index in [1.807, 2.05) is 0 Å². The molecule has 0 radical (unpaired) electrons. The maximum atomic E-state index is 13.8. The summed E-state index contributed by atoms with van der Waals surface area (Å²) in [6.45, 7) is -0.725. The van der Waals surface area contributed by atoms with E-state index in [1.165, 1.54) is 18.3 Å². The van der Waals surface area contributed by atoms with Crippen molar-refractivity contribution in [2.24, 2.45) is 0 Å². The van der Waals surface area contributed by atoms with Gasteiger partial charge in [-0.25, -0.2) is 18.2 Å². The van der Waals surface area contributed by atoms with Crippen LogP contribution in [0.3, 0.4) is 0 Å². The highest BCUT2D eigenvalue weighted by atomic mass is 19.3. The molecular formula is C22H19F5N8. The van der Waals surface area contributed by atoms with Gasteiger partial charge in [0.15, 0.2) is 5.82 Å². The van der Waals surface area contributed by atoms with Gasteiger partial charge in [0.2, 0.25) is 11.9 Å². The van der Waals surface area contributed by atoms with Gasteiger partial charge in [-0.1, -0.05) is 6.07 Å². The van der Waals surface area contributed by atoms with Gasteiger partial charge in [-0.15, -0.1) is 0 Å². The van der Waals surface area contributed by atoms with E-state index in [0.717, 1.165) is 6.07 Å². The Morgan fingerprint density at radius 2 is 1.86 bits per heavy atom. The standard InChI is InChI=1S/C22H19F5N8/c1-21(26,27)15-4-2-3-13(31-15)18-33-19(35-20(34-18)32-14(10-23)17(24)25)30-12-5-8-29-16(9-12)22(11-28)6-7-22/h2-5,8-9,14,17H,6-7,10H2,1H3,(H2,29,30,32,33,34,35). The Kier molecular flexibility index (Phi) is 6.47. The van der Waals surface area contributed by atoms with E-state index >= 15 is 0 Å². The Hall–Kier alpha value is -3.95. The lowest BCUT2D eigenvalue weighted by atomic mass is 10.0. The molecule has 1 aliphatic carbocycles. The minimum absolute atomic E-state index is 0.0665. The molecular weight excluding hydrogens is 471 g/mol. The summed E-state index contributed by atoms with van der Waals surface area (Å²) in [6.07, 6.45) is -0.223. The molecule has 1 unspecified atom stereocenters. The van der Waals surface area contributed by atoms with Crippen LogP contribution < -0.4 is 10.6 Å². The third-order valence-corrected chi connectivity index (χ3v) is 5.32. The van der Waals surface area contributed by atoms with Crippen LogP contribution in [0.2, 0.25) is 0 Å². The van der Waals surface area contributed by atoms with E-state index in [1.54, 1.807) is 12.1 Å². The van der Waals surface area contributed by atoms with Gasteiger partial charge in [-0.05, 0) is 37.1 Å². The second-order valence-electron chi connectivity index (χ2n) is 8.09. The third kappa shape index (κ3) is 5.42. The zero-order chi connectivity index (χ0) is 25.2. The van der Waals surface area contributed by atoms with E-state index in [9.17, 15) is 27.2 Å². The van der Waals surface area contributed by atoms with Crippen LogP contribution in [-0.4, -0.2) is 44.1 Å². The van der Waals surface area contributed by atoms with Gasteiger partial charge in [0.25, 0.3) is 12.3 Å². The molecule has 0 saturated heterocycles. The minimum atomic E-state index is -3.24. The summed E-state index contributed by atoms with van der Waals surface area (Å²) in [7, 11) is 0. The van der Waals surface area contributed by atoms with Crippen molar-refractivity contribution in [3.8, 4) is 17.6 Å². The van der Waals surface area contributed by atoms with E-state index in [0.29, 0.717) is 31.1 Å². The molecule has 182 valence electrons. The highest BCUT2D eigenvalue weighted by Gasteiger charge is 2.46. The Morgan fingerprint density at radius 1 is 1.11 bits per heavy atom. The van der Waals surface area contributed by atoms with E-state index in [4.69, 9.17) is 0 Å². The third-order valence-electron chi connectivity index (χ3n) is 5.32. The van der Waals surface area contributed by atoms with Gasteiger partial charge in [-0.2, -0.15) is 29.0 Å². The summed E-state index contributed by atoms with van der Waals surface area (Å²) in [5, 5.41) is 14.5. The molecule has 1 fully saturated rings. The quantitative estimate of drug-likeness (QED) is 0.413. The smallest absolute Gasteiger partial charge is 0.286 e. The molecule has 2 N–H and O–H groups in total. The van der Waals surface area contributed by atoms with Crippen molar-refractivity contribution in [2.45, 2.75) is 43.6 Å². The monoisotopic (exact) mass is 490 g/mol. The van der Waals surface area contributed by atoms with Crippen LogP contribution in [0.15, 0.2) is 36.5 Å². The second kappa shape index (κ2) is 9.36. The van der Waals surface area contributed by atoms with Gasteiger partial charge in [0.05, 0.1) is 17.2 Å². The van der Waals surface area contributed by atoms with Crippen molar-refractivity contribution in [3.63, 3.8) is 0 Å². The summed E-state index contributed by atoms with van der Waals surface area (Å²) in [5.41, 5.74) is -0.276. The number of nitrogens with zero attached hydrogens (tertiary/aromatic N) is 6. The number of hydrogen-bond acceptors (Lipinski definition) is 8. The molecule has 0 amide bonds. The Balaban J connectivity index is 1.72. The predicted molar refractivity (Wildman–Crippen MR) is 116 cm³/mol. The van der Waals surface area contributed by atoms with Crippen molar-refractivity contribution < 1.29 is 22.0 Å². The predicted octanol–water partition coefficient (Wildman–Crippen LogP) is 4.75.